The maximum Gasteiger partial charge on any atom is 0.199 e. The van der Waals surface area contributed by atoms with E-state index < -0.39 is 0 Å². The average molecular weight is 305 g/mol. The van der Waals surface area contributed by atoms with E-state index in [9.17, 15) is 5.21 Å². The smallest absolute Gasteiger partial charge is 0.199 e. The predicted octanol–water partition coefficient (Wildman–Crippen LogP) is 3.14. The Kier molecular flexibility index (Phi) is 2.90. The zero-order valence-electron chi connectivity index (χ0n) is 12.8. The van der Waals surface area contributed by atoms with Crippen molar-refractivity contribution in [1.82, 2.24) is 24.7 Å². The molecule has 0 atom stereocenters. The van der Waals surface area contributed by atoms with Gasteiger partial charge in [0.05, 0.1) is 16.9 Å². The molecular weight excluding hydrogens is 290 g/mol. The number of aromatic nitrogens is 5. The average Bonchev–Trinajstić information content (AvgIpc) is 3.09. The summed E-state index contributed by atoms with van der Waals surface area (Å²) >= 11 is 0. The van der Waals surface area contributed by atoms with Gasteiger partial charge in [-0.2, -0.15) is 14.6 Å². The molecule has 4 rings (SSSR count). The van der Waals surface area contributed by atoms with Crippen molar-refractivity contribution in [3.8, 4) is 17.2 Å². The highest BCUT2D eigenvalue weighted by Crippen LogP contribution is 2.25. The number of hydrogen-bond donors (Lipinski definition) is 1. The van der Waals surface area contributed by atoms with Gasteiger partial charge in [0.25, 0.3) is 0 Å². The second kappa shape index (κ2) is 4.95. The number of hydrogen-bond acceptors (Lipinski definition) is 4. The van der Waals surface area contributed by atoms with Gasteiger partial charge in [-0.15, -0.1) is 5.10 Å². The van der Waals surface area contributed by atoms with Crippen molar-refractivity contribution in [1.29, 1.82) is 0 Å². The molecule has 0 spiro atoms. The van der Waals surface area contributed by atoms with Crippen LogP contribution in [0, 0.1) is 13.8 Å². The zero-order valence-corrected chi connectivity index (χ0v) is 12.8. The molecule has 114 valence electrons. The molecule has 6 heteroatoms. The van der Waals surface area contributed by atoms with E-state index in [1.807, 2.05) is 62.4 Å². The van der Waals surface area contributed by atoms with Crippen LogP contribution in [0.15, 0.2) is 48.5 Å². The van der Waals surface area contributed by atoms with E-state index in [2.05, 4.69) is 15.2 Å². The number of rotatable bonds is 2. The molecule has 0 amide bonds. The molecule has 0 bridgehead atoms. The monoisotopic (exact) mass is 305 g/mol. The van der Waals surface area contributed by atoms with Gasteiger partial charge < -0.3 is 5.21 Å². The fourth-order valence-electron chi connectivity index (χ4n) is 2.59. The van der Waals surface area contributed by atoms with Crippen molar-refractivity contribution in [3.63, 3.8) is 0 Å². The predicted molar refractivity (Wildman–Crippen MR) is 86.7 cm³/mol. The van der Waals surface area contributed by atoms with Crippen LogP contribution in [0.3, 0.4) is 0 Å². The Morgan fingerprint density at radius 2 is 1.74 bits per heavy atom. The van der Waals surface area contributed by atoms with Crippen LogP contribution in [0.25, 0.3) is 28.2 Å². The van der Waals surface area contributed by atoms with E-state index in [1.54, 1.807) is 4.80 Å². The van der Waals surface area contributed by atoms with Crippen LogP contribution in [0.2, 0.25) is 0 Å². The molecular formula is C17H15N5O. The third-order valence-corrected chi connectivity index (χ3v) is 3.77. The molecule has 1 N–H and O–H groups in total. The standard InChI is InChI=1S/C17H15N5O/c1-11-8-9-14-15(10-11)21(23)17(18-14)16-12(2)19-22(20-16)13-6-4-3-5-7-13/h3-10,23H,1-2H3. The molecule has 23 heavy (non-hydrogen) atoms. The van der Waals surface area contributed by atoms with Crippen molar-refractivity contribution in [2.24, 2.45) is 0 Å². The molecule has 4 aromatic rings. The van der Waals surface area contributed by atoms with Crippen LogP contribution >= 0.6 is 0 Å². The summed E-state index contributed by atoms with van der Waals surface area (Å²) in [6.07, 6.45) is 0. The quantitative estimate of drug-likeness (QED) is 0.578. The van der Waals surface area contributed by atoms with Crippen molar-refractivity contribution in [3.05, 3.63) is 59.8 Å². The lowest BCUT2D eigenvalue weighted by Gasteiger charge is -1.99. The van der Waals surface area contributed by atoms with E-state index in [1.165, 1.54) is 0 Å². The Morgan fingerprint density at radius 1 is 0.957 bits per heavy atom. The SMILES string of the molecule is Cc1ccc2nc(-c3nn(-c4ccccc4)nc3C)n(O)c2c1. The third kappa shape index (κ3) is 2.15. The summed E-state index contributed by atoms with van der Waals surface area (Å²) in [6.45, 7) is 3.83. The molecule has 0 saturated carbocycles. The normalized spacial score (nSPS) is 11.2. The number of fused-ring (bicyclic) bond motifs is 1. The number of benzene rings is 2. The van der Waals surface area contributed by atoms with Gasteiger partial charge in [-0.25, -0.2) is 4.98 Å². The highest BCUT2D eigenvalue weighted by Gasteiger charge is 2.19. The van der Waals surface area contributed by atoms with Crippen LogP contribution in [0.1, 0.15) is 11.3 Å². The van der Waals surface area contributed by atoms with E-state index >= 15 is 0 Å². The Morgan fingerprint density at radius 3 is 2.52 bits per heavy atom. The molecule has 6 nitrogen and oxygen atoms in total. The van der Waals surface area contributed by atoms with Gasteiger partial charge in [-0.3, -0.25) is 0 Å². The van der Waals surface area contributed by atoms with Crippen LogP contribution in [-0.2, 0) is 0 Å². The molecule has 0 fully saturated rings. The van der Waals surface area contributed by atoms with Gasteiger partial charge in [-0.1, -0.05) is 24.3 Å². The van der Waals surface area contributed by atoms with E-state index in [-0.39, 0.29) is 0 Å². The number of para-hydroxylation sites is 1. The fourth-order valence-corrected chi connectivity index (χ4v) is 2.59. The van der Waals surface area contributed by atoms with Gasteiger partial charge in [0.15, 0.2) is 11.5 Å². The highest BCUT2D eigenvalue weighted by molar-refractivity contribution is 5.80. The molecule has 0 saturated heterocycles. The molecule has 0 aliphatic rings. The number of nitrogens with zero attached hydrogens (tertiary/aromatic N) is 5. The summed E-state index contributed by atoms with van der Waals surface area (Å²) in [7, 11) is 0. The Balaban J connectivity index is 1.88. The van der Waals surface area contributed by atoms with Crippen molar-refractivity contribution < 1.29 is 5.21 Å². The van der Waals surface area contributed by atoms with E-state index in [0.717, 1.165) is 21.5 Å². The van der Waals surface area contributed by atoms with Crippen molar-refractivity contribution in [2.75, 3.05) is 0 Å². The molecule has 0 aliphatic carbocycles. The van der Waals surface area contributed by atoms with Gasteiger partial charge in [0, 0.05) is 0 Å². The zero-order chi connectivity index (χ0) is 16.0. The molecule has 2 aromatic heterocycles. The minimum atomic E-state index is 0.394. The van der Waals surface area contributed by atoms with Gasteiger partial charge in [-0.05, 0) is 43.7 Å². The first-order valence-corrected chi connectivity index (χ1v) is 7.31. The van der Waals surface area contributed by atoms with Crippen LogP contribution in [0.5, 0.6) is 0 Å². The maximum atomic E-state index is 10.4. The Hall–Kier alpha value is -3.15. The second-order valence-electron chi connectivity index (χ2n) is 5.50. The topological polar surface area (TPSA) is 68.8 Å². The summed E-state index contributed by atoms with van der Waals surface area (Å²) < 4.78 is 1.08. The van der Waals surface area contributed by atoms with E-state index in [4.69, 9.17) is 0 Å². The first-order chi connectivity index (χ1) is 11.1. The lowest BCUT2D eigenvalue weighted by Crippen LogP contribution is -1.99. The highest BCUT2D eigenvalue weighted by atomic mass is 16.5. The summed E-state index contributed by atoms with van der Waals surface area (Å²) in [5, 5.41) is 19.4. The lowest BCUT2D eigenvalue weighted by molar-refractivity contribution is 0.202. The second-order valence-corrected chi connectivity index (χ2v) is 5.50. The Labute approximate surface area is 132 Å². The molecule has 0 radical (unpaired) electrons. The van der Waals surface area contributed by atoms with Crippen molar-refractivity contribution >= 4 is 11.0 Å². The lowest BCUT2D eigenvalue weighted by atomic mass is 10.2. The van der Waals surface area contributed by atoms with E-state index in [0.29, 0.717) is 22.7 Å². The fraction of sp³-hybridized carbons (Fsp3) is 0.118. The first-order valence-electron chi connectivity index (χ1n) is 7.31. The number of aryl methyl sites for hydroxylation is 2. The number of imidazole rings is 1. The summed E-state index contributed by atoms with van der Waals surface area (Å²) in [5.74, 6) is 0.394. The van der Waals surface area contributed by atoms with Crippen molar-refractivity contribution in [2.45, 2.75) is 13.8 Å². The Bertz CT molecular complexity index is 1000. The third-order valence-electron chi connectivity index (χ3n) is 3.77. The largest absolute Gasteiger partial charge is 0.426 e. The maximum absolute atomic E-state index is 10.4. The molecule has 2 heterocycles. The first kappa shape index (κ1) is 13.5. The molecule has 2 aromatic carbocycles. The minimum Gasteiger partial charge on any atom is -0.426 e. The van der Waals surface area contributed by atoms with Crippen LogP contribution in [0.4, 0.5) is 0 Å². The van der Waals surface area contributed by atoms with Crippen LogP contribution < -0.4 is 0 Å². The summed E-state index contributed by atoms with van der Waals surface area (Å²) in [5.41, 5.74) is 4.57. The van der Waals surface area contributed by atoms with Crippen LogP contribution in [-0.4, -0.2) is 29.9 Å². The molecule has 0 unspecified atom stereocenters. The van der Waals surface area contributed by atoms with Gasteiger partial charge in [0.1, 0.15) is 5.52 Å². The van der Waals surface area contributed by atoms with Gasteiger partial charge >= 0.3 is 0 Å². The minimum absolute atomic E-state index is 0.394. The molecule has 0 aliphatic heterocycles. The summed E-state index contributed by atoms with van der Waals surface area (Å²) in [4.78, 5) is 6.04. The summed E-state index contributed by atoms with van der Waals surface area (Å²) in [6, 6.07) is 15.4. The van der Waals surface area contributed by atoms with Gasteiger partial charge in [0.2, 0.25) is 0 Å².